The Morgan fingerprint density at radius 1 is 1.35 bits per heavy atom. The zero-order valence-electron chi connectivity index (χ0n) is 10.8. The third-order valence-corrected chi connectivity index (χ3v) is 3.39. The Morgan fingerprint density at radius 2 is 2.05 bits per heavy atom. The lowest BCUT2D eigenvalue weighted by atomic mass is 10.0. The third kappa shape index (κ3) is 3.04. The van der Waals surface area contributed by atoms with Gasteiger partial charge in [0, 0.05) is 24.8 Å². The highest BCUT2D eigenvalue weighted by atomic mass is 19.4. The fraction of sp³-hybridized carbons (Fsp3) is 0.462. The van der Waals surface area contributed by atoms with Crippen LogP contribution < -0.4 is 16.4 Å². The van der Waals surface area contributed by atoms with E-state index in [0.717, 1.165) is 25.0 Å². The molecule has 1 aliphatic heterocycles. The number of carbonyl (C=O) groups excluding carboxylic acids is 1. The molecule has 1 unspecified atom stereocenters. The summed E-state index contributed by atoms with van der Waals surface area (Å²) in [4.78, 5) is 13.2. The average molecular weight is 287 g/mol. The standard InChI is InChI=1S/C13H16F3N3O/c14-13(15,16)8-3-4-11(10(6-8)12(18)20)19-5-1-2-9(17)7-19/h3-4,6,9H,1-2,5,7,17H2,(H2,18,20). The molecule has 1 aromatic rings. The number of anilines is 1. The SMILES string of the molecule is NC(=O)c1cc(C(F)(F)F)ccc1N1CCCC(N)C1. The van der Waals surface area contributed by atoms with E-state index >= 15 is 0 Å². The maximum Gasteiger partial charge on any atom is 0.416 e. The molecule has 1 amide bonds. The van der Waals surface area contributed by atoms with Crippen LogP contribution in [0.3, 0.4) is 0 Å². The molecule has 1 aliphatic rings. The molecular weight excluding hydrogens is 271 g/mol. The molecule has 0 saturated carbocycles. The highest BCUT2D eigenvalue weighted by Crippen LogP contribution is 2.33. The van der Waals surface area contributed by atoms with Gasteiger partial charge in [-0.05, 0) is 31.0 Å². The molecule has 0 radical (unpaired) electrons. The number of piperidine rings is 1. The summed E-state index contributed by atoms with van der Waals surface area (Å²) in [6, 6.07) is 3.01. The summed E-state index contributed by atoms with van der Waals surface area (Å²) in [6.45, 7) is 1.16. The molecule has 1 heterocycles. The van der Waals surface area contributed by atoms with Gasteiger partial charge in [-0.15, -0.1) is 0 Å². The van der Waals surface area contributed by atoms with Gasteiger partial charge in [0.1, 0.15) is 0 Å². The summed E-state index contributed by atoms with van der Waals surface area (Å²) in [5.41, 5.74) is 10.5. The second-order valence-corrected chi connectivity index (χ2v) is 4.94. The number of amides is 1. The monoisotopic (exact) mass is 287 g/mol. The molecule has 1 fully saturated rings. The number of halogens is 3. The normalized spacial score (nSPS) is 20.0. The lowest BCUT2D eigenvalue weighted by Crippen LogP contribution is -2.43. The molecule has 1 atom stereocenters. The Bertz CT molecular complexity index is 516. The molecule has 0 spiro atoms. The van der Waals surface area contributed by atoms with Crippen LogP contribution in [0.25, 0.3) is 0 Å². The average Bonchev–Trinajstić information content (AvgIpc) is 2.37. The number of alkyl halides is 3. The second kappa shape index (κ2) is 5.32. The number of carbonyl (C=O) groups is 1. The van der Waals surface area contributed by atoms with Crippen molar-refractivity contribution in [3.8, 4) is 0 Å². The van der Waals surface area contributed by atoms with E-state index < -0.39 is 17.6 Å². The first-order chi connectivity index (χ1) is 9.29. The van der Waals surface area contributed by atoms with E-state index in [1.54, 1.807) is 0 Å². The van der Waals surface area contributed by atoms with Crippen LogP contribution in [0.15, 0.2) is 18.2 Å². The van der Waals surface area contributed by atoms with Gasteiger partial charge in [0.2, 0.25) is 0 Å². The van der Waals surface area contributed by atoms with E-state index in [1.165, 1.54) is 6.07 Å². The second-order valence-electron chi connectivity index (χ2n) is 4.94. The quantitative estimate of drug-likeness (QED) is 0.870. The van der Waals surface area contributed by atoms with Gasteiger partial charge in [-0.3, -0.25) is 4.79 Å². The van der Waals surface area contributed by atoms with Crippen molar-refractivity contribution >= 4 is 11.6 Å². The topological polar surface area (TPSA) is 72.4 Å². The zero-order valence-corrected chi connectivity index (χ0v) is 10.8. The van der Waals surface area contributed by atoms with Gasteiger partial charge in [0.25, 0.3) is 5.91 Å². The first-order valence-corrected chi connectivity index (χ1v) is 6.30. The summed E-state index contributed by atoms with van der Waals surface area (Å²) in [5, 5.41) is 0. The van der Waals surface area contributed by atoms with Crippen molar-refractivity contribution in [1.82, 2.24) is 0 Å². The predicted molar refractivity (Wildman–Crippen MR) is 69.4 cm³/mol. The summed E-state index contributed by atoms with van der Waals surface area (Å²) >= 11 is 0. The number of rotatable bonds is 2. The Morgan fingerprint density at radius 3 is 2.60 bits per heavy atom. The molecule has 4 N–H and O–H groups in total. The summed E-state index contributed by atoms with van der Waals surface area (Å²) in [7, 11) is 0. The van der Waals surface area contributed by atoms with Crippen LogP contribution in [0.4, 0.5) is 18.9 Å². The van der Waals surface area contributed by atoms with Gasteiger partial charge >= 0.3 is 6.18 Å². The van der Waals surface area contributed by atoms with Crippen molar-refractivity contribution in [2.24, 2.45) is 11.5 Å². The van der Waals surface area contributed by atoms with Gasteiger partial charge in [-0.1, -0.05) is 0 Å². The Kier molecular flexibility index (Phi) is 3.89. The molecule has 7 heteroatoms. The molecule has 1 saturated heterocycles. The van der Waals surface area contributed by atoms with Crippen molar-refractivity contribution in [2.75, 3.05) is 18.0 Å². The minimum absolute atomic E-state index is 0.0493. The van der Waals surface area contributed by atoms with E-state index in [4.69, 9.17) is 11.5 Å². The number of hydrogen-bond acceptors (Lipinski definition) is 3. The molecule has 0 bridgehead atoms. The van der Waals surface area contributed by atoms with Crippen LogP contribution in [-0.2, 0) is 6.18 Å². The fourth-order valence-corrected chi connectivity index (χ4v) is 2.41. The van der Waals surface area contributed by atoms with E-state index in [1.807, 2.05) is 4.90 Å². The Labute approximate surface area is 114 Å². The fourth-order valence-electron chi connectivity index (χ4n) is 2.41. The van der Waals surface area contributed by atoms with Gasteiger partial charge in [0.05, 0.1) is 11.1 Å². The van der Waals surface area contributed by atoms with E-state index in [2.05, 4.69) is 0 Å². The van der Waals surface area contributed by atoms with Gasteiger partial charge in [-0.2, -0.15) is 13.2 Å². The van der Waals surface area contributed by atoms with Crippen LogP contribution in [0.2, 0.25) is 0 Å². The lowest BCUT2D eigenvalue weighted by molar-refractivity contribution is -0.137. The summed E-state index contributed by atoms with van der Waals surface area (Å²) in [5.74, 6) is -0.870. The molecule has 4 nitrogen and oxygen atoms in total. The largest absolute Gasteiger partial charge is 0.416 e. The van der Waals surface area contributed by atoms with Crippen molar-refractivity contribution < 1.29 is 18.0 Å². The molecule has 20 heavy (non-hydrogen) atoms. The van der Waals surface area contributed by atoms with Gasteiger partial charge in [-0.25, -0.2) is 0 Å². The van der Waals surface area contributed by atoms with Crippen LogP contribution in [0.1, 0.15) is 28.8 Å². The Balaban J connectivity index is 2.40. The molecule has 110 valence electrons. The van der Waals surface area contributed by atoms with Crippen molar-refractivity contribution in [3.05, 3.63) is 29.3 Å². The van der Waals surface area contributed by atoms with Crippen molar-refractivity contribution in [2.45, 2.75) is 25.1 Å². The molecule has 0 aliphatic carbocycles. The van der Waals surface area contributed by atoms with E-state index in [0.29, 0.717) is 18.8 Å². The van der Waals surface area contributed by atoms with Crippen LogP contribution in [0, 0.1) is 0 Å². The number of nitrogens with zero attached hydrogens (tertiary/aromatic N) is 1. The highest BCUT2D eigenvalue weighted by molar-refractivity contribution is 5.99. The smallest absolute Gasteiger partial charge is 0.369 e. The predicted octanol–water partition coefficient (Wildman–Crippen LogP) is 1.73. The number of benzene rings is 1. The van der Waals surface area contributed by atoms with E-state index in [9.17, 15) is 18.0 Å². The first kappa shape index (κ1) is 14.6. The Hall–Kier alpha value is -1.76. The summed E-state index contributed by atoms with van der Waals surface area (Å²) < 4.78 is 38.0. The number of primary amides is 1. The van der Waals surface area contributed by atoms with Crippen molar-refractivity contribution in [1.29, 1.82) is 0 Å². The van der Waals surface area contributed by atoms with Crippen molar-refractivity contribution in [3.63, 3.8) is 0 Å². The van der Waals surface area contributed by atoms with Crippen LogP contribution in [-0.4, -0.2) is 25.0 Å². The molecule has 1 aromatic carbocycles. The zero-order chi connectivity index (χ0) is 14.9. The number of hydrogen-bond donors (Lipinski definition) is 2. The third-order valence-electron chi connectivity index (χ3n) is 3.39. The first-order valence-electron chi connectivity index (χ1n) is 6.30. The van der Waals surface area contributed by atoms with Gasteiger partial charge < -0.3 is 16.4 Å². The van der Waals surface area contributed by atoms with E-state index in [-0.39, 0.29) is 11.6 Å². The lowest BCUT2D eigenvalue weighted by Gasteiger charge is -2.33. The minimum atomic E-state index is -4.50. The number of nitrogens with two attached hydrogens (primary N) is 2. The maximum absolute atomic E-state index is 12.7. The molecular formula is C13H16F3N3O. The van der Waals surface area contributed by atoms with Crippen LogP contribution >= 0.6 is 0 Å². The maximum atomic E-state index is 12.7. The van der Waals surface area contributed by atoms with Gasteiger partial charge in [0.15, 0.2) is 0 Å². The minimum Gasteiger partial charge on any atom is -0.369 e. The summed E-state index contributed by atoms with van der Waals surface area (Å²) in [6.07, 6.45) is -2.80. The van der Waals surface area contributed by atoms with Crippen LogP contribution in [0.5, 0.6) is 0 Å². The molecule has 0 aromatic heterocycles. The molecule has 2 rings (SSSR count). The highest BCUT2D eigenvalue weighted by Gasteiger charge is 2.32.